The highest BCUT2D eigenvalue weighted by Gasteiger charge is 2.24. The van der Waals surface area contributed by atoms with Crippen LogP contribution in [0.5, 0.6) is 0 Å². The molecular weight excluding hydrogens is 292 g/mol. The van der Waals surface area contributed by atoms with Crippen molar-refractivity contribution in [3.63, 3.8) is 0 Å². The van der Waals surface area contributed by atoms with Crippen molar-refractivity contribution < 1.29 is 14.7 Å². The number of carbonyl (C=O) groups is 2. The molecule has 0 unspecified atom stereocenters. The molecule has 1 aromatic carbocycles. The van der Waals surface area contributed by atoms with Crippen LogP contribution in [0.1, 0.15) is 29.8 Å². The first-order valence-corrected chi connectivity index (χ1v) is 7.44. The zero-order valence-corrected chi connectivity index (χ0v) is 13.4. The third-order valence-corrected chi connectivity index (χ3v) is 3.57. The number of amides is 1. The van der Waals surface area contributed by atoms with Gasteiger partial charge in [0.15, 0.2) is 0 Å². The highest BCUT2D eigenvalue weighted by atomic mass is 16.4. The van der Waals surface area contributed by atoms with E-state index >= 15 is 0 Å². The molecule has 1 aromatic heterocycles. The lowest BCUT2D eigenvalue weighted by Gasteiger charge is -2.18. The van der Waals surface area contributed by atoms with E-state index in [4.69, 9.17) is 0 Å². The molecule has 0 fully saturated rings. The van der Waals surface area contributed by atoms with Gasteiger partial charge in [-0.25, -0.2) is 4.79 Å². The van der Waals surface area contributed by atoms with E-state index in [1.54, 1.807) is 26.1 Å². The van der Waals surface area contributed by atoms with Crippen molar-refractivity contribution in [2.75, 3.05) is 0 Å². The van der Waals surface area contributed by atoms with Gasteiger partial charge in [-0.3, -0.25) is 9.78 Å². The van der Waals surface area contributed by atoms with Crippen LogP contribution in [0.25, 0.3) is 11.1 Å². The second-order valence-electron chi connectivity index (χ2n) is 5.87. The first kappa shape index (κ1) is 16.7. The Morgan fingerprint density at radius 2 is 1.87 bits per heavy atom. The van der Waals surface area contributed by atoms with Crippen LogP contribution in [0.4, 0.5) is 0 Å². The molecule has 2 N–H and O–H groups in total. The van der Waals surface area contributed by atoms with Crippen LogP contribution in [0, 0.1) is 12.8 Å². The molecule has 23 heavy (non-hydrogen) atoms. The van der Waals surface area contributed by atoms with E-state index in [1.807, 2.05) is 31.2 Å². The molecular formula is C18H20N2O3. The van der Waals surface area contributed by atoms with E-state index in [2.05, 4.69) is 10.3 Å². The summed E-state index contributed by atoms with van der Waals surface area (Å²) in [6.45, 7) is 5.49. The molecule has 1 heterocycles. The lowest BCUT2D eigenvalue weighted by Crippen LogP contribution is -2.44. The number of aromatic nitrogens is 1. The maximum Gasteiger partial charge on any atom is 0.326 e. The minimum atomic E-state index is -1.05. The fourth-order valence-corrected chi connectivity index (χ4v) is 2.28. The fraction of sp³-hybridized carbons (Fsp3) is 0.278. The zero-order valence-electron chi connectivity index (χ0n) is 13.4. The highest BCUT2D eigenvalue weighted by molar-refractivity contribution is 5.97. The van der Waals surface area contributed by atoms with Crippen molar-refractivity contribution in [1.29, 1.82) is 0 Å². The Hall–Kier alpha value is -2.69. The van der Waals surface area contributed by atoms with Crippen molar-refractivity contribution in [3.05, 3.63) is 53.9 Å². The molecule has 0 spiro atoms. The number of aliphatic carboxylic acids is 1. The van der Waals surface area contributed by atoms with Gasteiger partial charge < -0.3 is 10.4 Å². The lowest BCUT2D eigenvalue weighted by atomic mass is 10.0. The molecule has 0 saturated heterocycles. The van der Waals surface area contributed by atoms with Crippen molar-refractivity contribution in [1.82, 2.24) is 10.3 Å². The predicted molar refractivity (Wildman–Crippen MR) is 88.1 cm³/mol. The number of rotatable bonds is 5. The third-order valence-electron chi connectivity index (χ3n) is 3.57. The zero-order chi connectivity index (χ0) is 17.0. The summed E-state index contributed by atoms with van der Waals surface area (Å²) in [6.07, 6.45) is 3.12. The minimum Gasteiger partial charge on any atom is -0.480 e. The maximum atomic E-state index is 12.3. The third kappa shape index (κ3) is 4.16. The van der Waals surface area contributed by atoms with Gasteiger partial charge in [0, 0.05) is 18.0 Å². The largest absolute Gasteiger partial charge is 0.480 e. The van der Waals surface area contributed by atoms with Crippen LogP contribution in [-0.2, 0) is 4.79 Å². The van der Waals surface area contributed by atoms with Crippen molar-refractivity contribution >= 4 is 11.9 Å². The van der Waals surface area contributed by atoms with Gasteiger partial charge in [0.05, 0.1) is 5.56 Å². The van der Waals surface area contributed by atoms with Crippen molar-refractivity contribution in [2.24, 2.45) is 5.92 Å². The van der Waals surface area contributed by atoms with Crippen molar-refractivity contribution in [3.8, 4) is 11.1 Å². The van der Waals surface area contributed by atoms with E-state index in [0.717, 1.165) is 16.7 Å². The number of aryl methyl sites for hydroxylation is 1. The first-order valence-electron chi connectivity index (χ1n) is 7.44. The Kier molecular flexibility index (Phi) is 5.11. The summed E-state index contributed by atoms with van der Waals surface area (Å²) in [5.41, 5.74) is 3.24. The van der Waals surface area contributed by atoms with Gasteiger partial charge >= 0.3 is 5.97 Å². The molecule has 5 nitrogen and oxygen atoms in total. The summed E-state index contributed by atoms with van der Waals surface area (Å²) < 4.78 is 0. The number of carboxylic acids is 1. The Morgan fingerprint density at radius 1 is 1.13 bits per heavy atom. The SMILES string of the molecule is Cc1cccc(-c2cncc(C(=O)N[C@@H](C(=O)O)C(C)C)c2)c1. The number of pyridine rings is 1. The van der Waals surface area contributed by atoms with E-state index in [-0.39, 0.29) is 5.92 Å². The second kappa shape index (κ2) is 7.05. The highest BCUT2D eigenvalue weighted by Crippen LogP contribution is 2.20. The van der Waals surface area contributed by atoms with Crippen LogP contribution in [0.3, 0.4) is 0 Å². The molecule has 0 saturated carbocycles. The second-order valence-corrected chi connectivity index (χ2v) is 5.87. The molecule has 2 rings (SSSR count). The van der Waals surface area contributed by atoms with Crippen LogP contribution in [0.2, 0.25) is 0 Å². The monoisotopic (exact) mass is 312 g/mol. The molecule has 0 aliphatic rings. The van der Waals surface area contributed by atoms with Crippen molar-refractivity contribution in [2.45, 2.75) is 26.8 Å². The number of hydrogen-bond acceptors (Lipinski definition) is 3. The molecule has 5 heteroatoms. The van der Waals surface area contributed by atoms with Crippen LogP contribution in [-0.4, -0.2) is 28.0 Å². The summed E-state index contributed by atoms with van der Waals surface area (Å²) in [7, 11) is 0. The molecule has 0 aliphatic heterocycles. The van der Waals surface area contributed by atoms with E-state index in [0.29, 0.717) is 5.56 Å². The van der Waals surface area contributed by atoms with E-state index < -0.39 is 17.9 Å². The Morgan fingerprint density at radius 3 is 2.48 bits per heavy atom. The molecule has 1 atom stereocenters. The molecule has 0 radical (unpaired) electrons. The van der Waals surface area contributed by atoms with E-state index in [9.17, 15) is 14.7 Å². The number of carboxylic acid groups (broad SMARTS) is 1. The number of nitrogens with one attached hydrogen (secondary N) is 1. The normalized spacial score (nSPS) is 12.0. The average Bonchev–Trinajstić information content (AvgIpc) is 2.52. The number of benzene rings is 1. The Balaban J connectivity index is 2.25. The predicted octanol–water partition coefficient (Wildman–Crippen LogP) is 2.90. The summed E-state index contributed by atoms with van der Waals surface area (Å²) >= 11 is 0. The van der Waals surface area contributed by atoms with Gasteiger partial charge in [-0.1, -0.05) is 43.7 Å². The fourth-order valence-electron chi connectivity index (χ4n) is 2.28. The van der Waals surface area contributed by atoms with Gasteiger partial charge in [-0.15, -0.1) is 0 Å². The molecule has 0 aliphatic carbocycles. The standard InChI is InChI=1S/C18H20N2O3/c1-11(2)16(18(22)23)20-17(21)15-8-14(9-19-10-15)13-6-4-5-12(3)7-13/h4-11,16H,1-3H3,(H,20,21)(H,22,23)/t16-/m1/s1. The minimum absolute atomic E-state index is 0.204. The molecule has 2 aromatic rings. The first-order chi connectivity index (χ1) is 10.9. The molecule has 0 bridgehead atoms. The van der Waals surface area contributed by atoms with Gasteiger partial charge in [-0.05, 0) is 24.5 Å². The molecule has 1 amide bonds. The number of hydrogen-bond donors (Lipinski definition) is 2. The van der Waals surface area contributed by atoms with Gasteiger partial charge in [0.2, 0.25) is 0 Å². The van der Waals surface area contributed by atoms with E-state index in [1.165, 1.54) is 6.20 Å². The van der Waals surface area contributed by atoms with Gasteiger partial charge in [-0.2, -0.15) is 0 Å². The maximum absolute atomic E-state index is 12.3. The topological polar surface area (TPSA) is 79.3 Å². The van der Waals surface area contributed by atoms with Crippen LogP contribution >= 0.6 is 0 Å². The quantitative estimate of drug-likeness (QED) is 0.889. The summed E-state index contributed by atoms with van der Waals surface area (Å²) in [6, 6.07) is 8.68. The van der Waals surface area contributed by atoms with Gasteiger partial charge in [0.1, 0.15) is 6.04 Å². The molecule has 120 valence electrons. The lowest BCUT2D eigenvalue weighted by molar-refractivity contribution is -0.140. The van der Waals surface area contributed by atoms with Crippen LogP contribution in [0.15, 0.2) is 42.7 Å². The Bertz CT molecular complexity index is 726. The summed E-state index contributed by atoms with van der Waals surface area (Å²) in [5, 5.41) is 11.7. The Labute approximate surface area is 135 Å². The van der Waals surface area contributed by atoms with Gasteiger partial charge in [0.25, 0.3) is 5.91 Å². The average molecular weight is 312 g/mol. The van der Waals surface area contributed by atoms with Crippen LogP contribution < -0.4 is 5.32 Å². The summed E-state index contributed by atoms with van der Waals surface area (Å²) in [4.78, 5) is 27.6. The summed E-state index contributed by atoms with van der Waals surface area (Å²) in [5.74, 6) is -1.69. The number of carbonyl (C=O) groups excluding carboxylic acids is 1. The smallest absolute Gasteiger partial charge is 0.326 e. The number of nitrogens with zero attached hydrogens (tertiary/aromatic N) is 1.